The van der Waals surface area contributed by atoms with Crippen molar-refractivity contribution in [2.24, 2.45) is 0 Å². The Kier molecular flexibility index (Phi) is 3.80. The molecule has 0 saturated heterocycles. The van der Waals surface area contributed by atoms with Crippen LogP contribution in [0.25, 0.3) is 86.0 Å². The first-order chi connectivity index (χ1) is 19.3. The van der Waals surface area contributed by atoms with Crippen LogP contribution in [0.4, 0.5) is 0 Å². The van der Waals surface area contributed by atoms with Crippen LogP contribution >= 0.6 is 34.2 Å². The summed E-state index contributed by atoms with van der Waals surface area (Å²) in [6, 6.07) is 40.1. The first-order valence-electron chi connectivity index (χ1n) is 13.1. The molecule has 10 aromatic rings. The Morgan fingerprint density at radius 1 is 0.487 bits per heavy atom. The summed E-state index contributed by atoms with van der Waals surface area (Å²) in [5.41, 5.74) is 10.1. The smallest absolute Gasteiger partial charge is 0.0804 e. The van der Waals surface area contributed by atoms with Crippen molar-refractivity contribution >= 4 is 115 Å². The average Bonchev–Trinajstić information content (AvgIpc) is 3.68. The molecule has 0 bridgehead atoms. The quantitative estimate of drug-likeness (QED) is 0.161. The van der Waals surface area contributed by atoms with Crippen LogP contribution in [0.15, 0.2) is 109 Å². The van der Waals surface area contributed by atoms with E-state index in [1.54, 1.807) is 0 Å². The number of aromatic nitrogens is 3. The maximum atomic E-state index is 2.61. The molecule has 5 heteroatoms. The van der Waals surface area contributed by atoms with Gasteiger partial charge in [-0.3, -0.25) is 2.78 Å². The summed E-state index contributed by atoms with van der Waals surface area (Å²) in [6.07, 6.45) is 0. The van der Waals surface area contributed by atoms with E-state index in [1.807, 2.05) is 11.3 Å². The van der Waals surface area contributed by atoms with Crippen molar-refractivity contribution < 1.29 is 0 Å². The molecule has 0 aliphatic heterocycles. The lowest BCUT2D eigenvalue weighted by Gasteiger charge is -2.08. The maximum Gasteiger partial charge on any atom is 0.0804 e. The van der Waals surface area contributed by atoms with Gasteiger partial charge in [0.05, 0.1) is 66.2 Å². The molecule has 0 aliphatic carbocycles. The molecule has 5 aromatic heterocycles. The first kappa shape index (κ1) is 20.8. The fraction of sp³-hybridized carbons (Fsp3) is 0. The van der Waals surface area contributed by atoms with Crippen molar-refractivity contribution in [2.45, 2.75) is 0 Å². The second-order valence-electron chi connectivity index (χ2n) is 10.3. The summed E-state index contributed by atoms with van der Waals surface area (Å²) in [5.74, 6) is 0. The van der Waals surface area contributed by atoms with Gasteiger partial charge in [0.25, 0.3) is 0 Å². The second kappa shape index (κ2) is 7.11. The fourth-order valence-corrected chi connectivity index (χ4v) is 9.04. The third kappa shape index (κ3) is 2.37. The van der Waals surface area contributed by atoms with E-state index in [0.717, 1.165) is 0 Å². The minimum absolute atomic E-state index is 1.19. The predicted octanol–water partition coefficient (Wildman–Crippen LogP) is 10.3. The zero-order valence-corrected chi connectivity index (χ0v) is 23.5. The molecule has 0 unspecified atom stereocenters. The molecule has 0 fully saturated rings. The molecule has 0 atom stereocenters. The highest BCUT2D eigenvalue weighted by atomic mass is 127. The van der Waals surface area contributed by atoms with Gasteiger partial charge in [0.2, 0.25) is 0 Å². The van der Waals surface area contributed by atoms with Crippen molar-refractivity contribution in [3.8, 4) is 5.69 Å². The van der Waals surface area contributed by atoms with Gasteiger partial charge in [0, 0.05) is 42.7 Å². The molecule has 39 heavy (non-hydrogen) atoms. The van der Waals surface area contributed by atoms with Crippen LogP contribution in [0, 0.1) is 0 Å². The number of para-hydroxylation sites is 2. The number of halogens is 1. The minimum atomic E-state index is 1.19. The molecule has 0 radical (unpaired) electrons. The van der Waals surface area contributed by atoms with Gasteiger partial charge in [-0.25, -0.2) is 0 Å². The second-order valence-corrected chi connectivity index (χ2v) is 12.4. The average molecular weight is 628 g/mol. The molecule has 0 amide bonds. The van der Waals surface area contributed by atoms with E-state index in [1.165, 1.54) is 86.0 Å². The van der Waals surface area contributed by atoms with Crippen molar-refractivity contribution in [1.82, 2.24) is 11.7 Å². The Hall–Kier alpha value is -4.07. The Labute approximate surface area is 239 Å². The summed E-state index contributed by atoms with van der Waals surface area (Å²) in [6.45, 7) is 0. The Bertz CT molecular complexity index is 2610. The summed E-state index contributed by atoms with van der Waals surface area (Å²) in [4.78, 5) is 0. The molecule has 5 aromatic carbocycles. The lowest BCUT2D eigenvalue weighted by atomic mass is 10.1. The van der Waals surface area contributed by atoms with Crippen molar-refractivity contribution in [2.75, 3.05) is 0 Å². The van der Waals surface area contributed by atoms with E-state index in [0.29, 0.717) is 0 Å². The highest BCUT2D eigenvalue weighted by molar-refractivity contribution is 14.1. The van der Waals surface area contributed by atoms with Gasteiger partial charge in [-0.05, 0) is 42.5 Å². The number of nitrogens with zero attached hydrogens (tertiary/aromatic N) is 3. The lowest BCUT2D eigenvalue weighted by Crippen LogP contribution is -1.92. The summed E-state index contributed by atoms with van der Waals surface area (Å²) < 4.78 is 10.1. The molecule has 0 N–H and O–H groups in total. The minimum Gasteiger partial charge on any atom is -0.307 e. The Balaban J connectivity index is 1.67. The molecule has 0 saturated carbocycles. The van der Waals surface area contributed by atoms with E-state index in [2.05, 4.69) is 144 Å². The Morgan fingerprint density at radius 2 is 1.21 bits per heavy atom. The van der Waals surface area contributed by atoms with Crippen LogP contribution in [-0.2, 0) is 0 Å². The van der Waals surface area contributed by atoms with Gasteiger partial charge in [-0.15, -0.1) is 11.3 Å². The normalized spacial score (nSPS) is 12.7. The number of hydrogen-bond acceptors (Lipinski definition) is 1. The van der Waals surface area contributed by atoms with Gasteiger partial charge < -0.3 is 8.97 Å². The molecular weight excluding hydrogens is 609 g/mol. The zero-order valence-electron chi connectivity index (χ0n) is 20.5. The van der Waals surface area contributed by atoms with E-state index < -0.39 is 0 Å². The van der Waals surface area contributed by atoms with Gasteiger partial charge in [-0.2, -0.15) is 0 Å². The van der Waals surface area contributed by atoms with Gasteiger partial charge >= 0.3 is 0 Å². The number of thiophene rings is 1. The number of rotatable bonds is 1. The number of hydrogen-bond donors (Lipinski definition) is 0. The van der Waals surface area contributed by atoms with Crippen LogP contribution in [0.2, 0.25) is 0 Å². The molecule has 182 valence electrons. The van der Waals surface area contributed by atoms with Crippen LogP contribution in [0.5, 0.6) is 0 Å². The number of benzene rings is 5. The maximum absolute atomic E-state index is 2.61. The molecular formula is C34H18IN3S. The zero-order chi connectivity index (χ0) is 25.4. The van der Waals surface area contributed by atoms with Crippen LogP contribution in [-0.4, -0.2) is 11.7 Å². The molecule has 0 spiro atoms. The summed E-state index contributed by atoms with van der Waals surface area (Å²) in [5, 5.41) is 7.92. The van der Waals surface area contributed by atoms with Crippen molar-refractivity contribution in [3.63, 3.8) is 0 Å². The molecule has 10 rings (SSSR count). The Morgan fingerprint density at radius 3 is 2.10 bits per heavy atom. The highest BCUT2D eigenvalue weighted by Crippen LogP contribution is 2.49. The first-order valence-corrected chi connectivity index (χ1v) is 14.9. The topological polar surface area (TPSA) is 14.3 Å². The third-order valence-corrected chi connectivity index (χ3v) is 10.7. The van der Waals surface area contributed by atoms with E-state index >= 15 is 0 Å². The largest absolute Gasteiger partial charge is 0.307 e. The van der Waals surface area contributed by atoms with Crippen LogP contribution in [0.3, 0.4) is 0 Å². The van der Waals surface area contributed by atoms with Crippen LogP contribution in [0.1, 0.15) is 0 Å². The van der Waals surface area contributed by atoms with E-state index in [9.17, 15) is 0 Å². The molecule has 0 aliphatic rings. The van der Waals surface area contributed by atoms with Crippen LogP contribution < -0.4 is 0 Å². The van der Waals surface area contributed by atoms with E-state index in [-0.39, 0.29) is 0 Å². The SMILES string of the molecule is In1c2cccc3c4sc5ccccc5c4n4c5c(ccc1c5c32)c1c4c2ccccc2n1-c1ccccc1. The fourth-order valence-electron chi connectivity index (χ4n) is 7.01. The van der Waals surface area contributed by atoms with Crippen molar-refractivity contribution in [3.05, 3.63) is 109 Å². The van der Waals surface area contributed by atoms with Gasteiger partial charge in [0.1, 0.15) is 0 Å². The predicted molar refractivity (Wildman–Crippen MR) is 176 cm³/mol. The molecule has 5 heterocycles. The highest BCUT2D eigenvalue weighted by Gasteiger charge is 2.27. The van der Waals surface area contributed by atoms with E-state index in [4.69, 9.17) is 0 Å². The monoisotopic (exact) mass is 627 g/mol. The summed E-state index contributed by atoms with van der Waals surface area (Å²) in [7, 11) is 0. The molecule has 3 nitrogen and oxygen atoms in total. The van der Waals surface area contributed by atoms with Crippen molar-refractivity contribution in [1.29, 1.82) is 0 Å². The number of fused-ring (bicyclic) bond motifs is 10. The standard InChI is InChI=1S/C34H18IN3S/c35-38-25-15-8-13-22-28(25)29-26(38)18-17-23-30(29)37(33-21-12-5-7-16-27(21)39-34(22)33)31-20-11-4-6-14-24(20)36(32(23)31)19-9-2-1-3-10-19/h1-18H. The van der Waals surface area contributed by atoms with Gasteiger partial charge in [0.15, 0.2) is 0 Å². The lowest BCUT2D eigenvalue weighted by molar-refractivity contribution is 1.19. The van der Waals surface area contributed by atoms with Gasteiger partial charge in [-0.1, -0.05) is 66.7 Å². The third-order valence-electron chi connectivity index (χ3n) is 8.47. The summed E-state index contributed by atoms with van der Waals surface area (Å²) >= 11 is 4.40.